The van der Waals surface area contributed by atoms with Crippen molar-refractivity contribution in [2.75, 3.05) is 19.7 Å². The molecule has 0 aromatic carbocycles. The summed E-state index contributed by atoms with van der Waals surface area (Å²) in [4.78, 5) is 42.7. The summed E-state index contributed by atoms with van der Waals surface area (Å²) < 4.78 is 6.23. The van der Waals surface area contributed by atoms with Gasteiger partial charge in [-0.1, -0.05) is 19.4 Å². The minimum atomic E-state index is -1.07. The number of unbranched alkanes of at least 4 members (excludes halogenated alkanes) is 2. The quantitative estimate of drug-likeness (QED) is 0.357. The van der Waals surface area contributed by atoms with Crippen LogP contribution in [0.1, 0.15) is 58.8 Å². The lowest BCUT2D eigenvalue weighted by Crippen LogP contribution is -2.57. The zero-order valence-corrected chi connectivity index (χ0v) is 18.7. The molecule has 2 bridgehead atoms. The summed E-state index contributed by atoms with van der Waals surface area (Å²) in [5.41, 5.74) is -1.07. The first-order valence-corrected chi connectivity index (χ1v) is 11.6. The molecule has 3 saturated heterocycles. The molecule has 0 aromatic rings. The van der Waals surface area contributed by atoms with E-state index in [9.17, 15) is 19.5 Å². The van der Waals surface area contributed by atoms with Crippen molar-refractivity contribution in [1.29, 1.82) is 0 Å². The maximum atomic E-state index is 13.9. The molecule has 2 N–H and O–H groups in total. The van der Waals surface area contributed by atoms with Gasteiger partial charge in [0.1, 0.15) is 11.6 Å². The molecule has 8 heteroatoms. The number of aliphatic hydroxyl groups is 1. The average molecular weight is 437 g/mol. The van der Waals surface area contributed by atoms with Gasteiger partial charge in [0.05, 0.1) is 17.9 Å². The highest BCUT2D eigenvalue weighted by atomic mass is 16.5. The number of likely N-dealkylation sites (tertiary alicyclic amines) is 1. The van der Waals surface area contributed by atoms with Crippen molar-refractivity contribution in [3.05, 3.63) is 12.7 Å². The van der Waals surface area contributed by atoms with Crippen LogP contribution in [-0.2, 0) is 19.1 Å². The molecule has 8 nitrogen and oxygen atoms in total. The molecule has 174 valence electrons. The molecule has 3 aliphatic heterocycles. The molecule has 3 unspecified atom stereocenters. The van der Waals surface area contributed by atoms with Crippen molar-refractivity contribution in [3.63, 3.8) is 0 Å². The molecular weight excluding hydrogens is 400 g/mol. The van der Waals surface area contributed by atoms with E-state index >= 15 is 0 Å². The maximum Gasteiger partial charge on any atom is 0.310 e. The first-order valence-electron chi connectivity index (χ1n) is 11.6. The zero-order valence-electron chi connectivity index (χ0n) is 18.7. The van der Waals surface area contributed by atoms with Gasteiger partial charge < -0.3 is 24.7 Å². The summed E-state index contributed by atoms with van der Waals surface area (Å²) >= 11 is 0. The molecule has 31 heavy (non-hydrogen) atoms. The van der Waals surface area contributed by atoms with Crippen molar-refractivity contribution in [2.45, 2.75) is 82.6 Å². The number of hydrogen-bond acceptors (Lipinski definition) is 5. The lowest BCUT2D eigenvalue weighted by atomic mass is 9.70. The molecule has 0 saturated carbocycles. The minimum absolute atomic E-state index is 0.0221. The van der Waals surface area contributed by atoms with E-state index in [2.05, 4.69) is 13.5 Å². The van der Waals surface area contributed by atoms with Gasteiger partial charge >= 0.3 is 5.97 Å². The Morgan fingerprint density at radius 1 is 1.39 bits per heavy atom. The fraction of sp³-hybridized carbons (Fsp3) is 0.783. The second-order valence-corrected chi connectivity index (χ2v) is 9.13. The van der Waals surface area contributed by atoms with Gasteiger partial charge in [-0.2, -0.15) is 0 Å². The fourth-order valence-electron chi connectivity index (χ4n) is 5.88. The number of aliphatic hydroxyl groups excluding tert-OH is 1. The maximum absolute atomic E-state index is 13.9. The first-order chi connectivity index (χ1) is 14.8. The van der Waals surface area contributed by atoms with Crippen LogP contribution in [0.5, 0.6) is 0 Å². The van der Waals surface area contributed by atoms with Crippen LogP contribution in [-0.4, -0.2) is 81.3 Å². The van der Waals surface area contributed by atoms with Crippen LogP contribution in [0.2, 0.25) is 0 Å². The normalized spacial score (nSPS) is 32.2. The molecule has 3 heterocycles. The molecule has 3 fully saturated rings. The van der Waals surface area contributed by atoms with E-state index in [1.165, 1.54) is 0 Å². The van der Waals surface area contributed by atoms with Crippen LogP contribution in [0.25, 0.3) is 0 Å². The van der Waals surface area contributed by atoms with Crippen LogP contribution in [0.3, 0.4) is 0 Å². The Morgan fingerprint density at radius 3 is 2.74 bits per heavy atom. The largest absolute Gasteiger partial charge is 0.481 e. The number of rotatable bonds is 12. The second-order valence-electron chi connectivity index (χ2n) is 9.13. The molecule has 0 radical (unpaired) electrons. The van der Waals surface area contributed by atoms with Crippen molar-refractivity contribution in [2.24, 2.45) is 11.8 Å². The molecule has 3 rings (SSSR count). The first kappa shape index (κ1) is 23.7. The molecule has 0 aliphatic carbocycles. The van der Waals surface area contributed by atoms with E-state index < -0.39 is 35.6 Å². The lowest BCUT2D eigenvalue weighted by molar-refractivity contribution is -0.151. The molecule has 2 amide bonds. The Labute approximate surface area is 184 Å². The Morgan fingerprint density at radius 2 is 2.13 bits per heavy atom. The van der Waals surface area contributed by atoms with E-state index in [4.69, 9.17) is 9.84 Å². The lowest BCUT2D eigenvalue weighted by Gasteiger charge is -2.39. The van der Waals surface area contributed by atoms with Gasteiger partial charge in [-0.05, 0) is 45.4 Å². The van der Waals surface area contributed by atoms with Crippen molar-refractivity contribution in [3.8, 4) is 0 Å². The fourth-order valence-corrected chi connectivity index (χ4v) is 5.88. The third kappa shape index (κ3) is 4.00. The van der Waals surface area contributed by atoms with Gasteiger partial charge in [-0.25, -0.2) is 0 Å². The number of amides is 2. The van der Waals surface area contributed by atoms with Gasteiger partial charge in [0, 0.05) is 25.7 Å². The number of nitrogens with zero attached hydrogens (tertiary/aromatic N) is 2. The van der Waals surface area contributed by atoms with Gasteiger partial charge in [0.25, 0.3) is 0 Å². The summed E-state index contributed by atoms with van der Waals surface area (Å²) in [7, 11) is 0. The Kier molecular flexibility index (Phi) is 7.42. The number of ether oxygens (including phenoxy) is 1. The number of carboxylic acid groups (broad SMARTS) is 1. The average Bonchev–Trinajstić information content (AvgIpc) is 3.36. The van der Waals surface area contributed by atoms with Crippen LogP contribution >= 0.6 is 0 Å². The molecule has 3 aliphatic rings. The standard InChI is InChI=1S/C23H36N2O6/c1-4-9-15(3)24(12-5-2)21(28)19-23-11-10-16(31-23)17(22(29)30)18(23)20(27)25(19)13-7-6-8-14-26/h5,15-19,26H,2,4,6-14H2,1,3H3,(H,29,30)/t15?,16-,17+,18-,19?,23?/m0/s1. The smallest absolute Gasteiger partial charge is 0.310 e. The van der Waals surface area contributed by atoms with Crippen LogP contribution in [0, 0.1) is 11.8 Å². The minimum Gasteiger partial charge on any atom is -0.481 e. The van der Waals surface area contributed by atoms with Gasteiger partial charge in [-0.3, -0.25) is 14.4 Å². The summed E-state index contributed by atoms with van der Waals surface area (Å²) in [6.07, 6.45) is 5.99. The number of carboxylic acids is 1. The molecule has 1 spiro atoms. The summed E-state index contributed by atoms with van der Waals surface area (Å²) in [5, 5.41) is 18.9. The highest BCUT2D eigenvalue weighted by Crippen LogP contribution is 2.58. The number of fused-ring (bicyclic) bond motifs is 1. The Balaban J connectivity index is 1.96. The van der Waals surface area contributed by atoms with E-state index in [0.29, 0.717) is 38.8 Å². The van der Waals surface area contributed by atoms with Crippen LogP contribution in [0.4, 0.5) is 0 Å². The van der Waals surface area contributed by atoms with Crippen LogP contribution < -0.4 is 0 Å². The highest BCUT2D eigenvalue weighted by molar-refractivity contribution is 5.98. The third-order valence-corrected chi connectivity index (χ3v) is 7.22. The second kappa shape index (κ2) is 9.69. The van der Waals surface area contributed by atoms with E-state index in [-0.39, 0.29) is 24.5 Å². The zero-order chi connectivity index (χ0) is 22.8. The van der Waals surface area contributed by atoms with Crippen molar-refractivity contribution < 1.29 is 29.3 Å². The monoisotopic (exact) mass is 436 g/mol. The SMILES string of the molecule is C=CCN(C(=O)C1N(CCCCCO)C(=O)[C@@H]2[C@H](C(=O)O)[C@@H]3CCC12O3)C(C)CCC. The molecular formula is C23H36N2O6. The summed E-state index contributed by atoms with van der Waals surface area (Å²) in [5.74, 6) is -3.20. The predicted molar refractivity (Wildman–Crippen MR) is 114 cm³/mol. The van der Waals surface area contributed by atoms with Crippen molar-refractivity contribution >= 4 is 17.8 Å². The topological polar surface area (TPSA) is 107 Å². The predicted octanol–water partition coefficient (Wildman–Crippen LogP) is 1.81. The number of carbonyl (C=O) groups excluding carboxylic acids is 2. The highest BCUT2D eigenvalue weighted by Gasteiger charge is 2.74. The Bertz CT molecular complexity index is 712. The molecule has 6 atom stereocenters. The number of aliphatic carboxylic acids is 1. The van der Waals surface area contributed by atoms with E-state index in [1.807, 2.05) is 6.92 Å². The van der Waals surface area contributed by atoms with E-state index in [0.717, 1.165) is 19.3 Å². The van der Waals surface area contributed by atoms with Gasteiger partial charge in [-0.15, -0.1) is 6.58 Å². The van der Waals surface area contributed by atoms with Crippen molar-refractivity contribution in [1.82, 2.24) is 9.80 Å². The van der Waals surface area contributed by atoms with Gasteiger partial charge in [0.2, 0.25) is 11.8 Å². The summed E-state index contributed by atoms with van der Waals surface area (Å²) in [6.45, 7) is 8.66. The summed E-state index contributed by atoms with van der Waals surface area (Å²) in [6, 6.07) is -0.834. The van der Waals surface area contributed by atoms with E-state index in [1.54, 1.807) is 15.9 Å². The van der Waals surface area contributed by atoms with Gasteiger partial charge in [0.15, 0.2) is 0 Å². The Hall–Kier alpha value is -1.93. The number of carbonyl (C=O) groups is 3. The third-order valence-electron chi connectivity index (χ3n) is 7.22. The molecule has 0 aromatic heterocycles. The number of hydrogen-bond donors (Lipinski definition) is 2. The van der Waals surface area contributed by atoms with Crippen LogP contribution in [0.15, 0.2) is 12.7 Å².